The van der Waals surface area contributed by atoms with E-state index < -0.39 is 18.8 Å². The Bertz CT molecular complexity index is 1130. The third-order valence-corrected chi connectivity index (χ3v) is 11.1. The molecule has 4 rings (SSSR count). The molecule has 166 valence electrons. The van der Waals surface area contributed by atoms with E-state index in [4.69, 9.17) is 9.26 Å². The Morgan fingerprint density at radius 1 is 0.606 bits per heavy atom. The zero-order valence-corrected chi connectivity index (χ0v) is 19.2. The zero-order valence-electron chi connectivity index (χ0n) is 18.3. The average Bonchev–Trinajstić information content (AvgIpc) is 2.89. The predicted octanol–water partition coefficient (Wildman–Crippen LogP) is 4.81. The summed E-state index contributed by atoms with van der Waals surface area (Å²) < 4.78 is 12.5. The topological polar surface area (TPSA) is 52.6 Å². The van der Waals surface area contributed by atoms with Crippen LogP contribution in [0.4, 0.5) is 0 Å². The fourth-order valence-corrected chi connectivity index (χ4v) is 9.13. The van der Waals surface area contributed by atoms with E-state index in [9.17, 15) is 9.59 Å². The van der Waals surface area contributed by atoms with Gasteiger partial charge in [-0.25, -0.2) is 0 Å². The van der Waals surface area contributed by atoms with Crippen molar-refractivity contribution in [3.05, 3.63) is 127 Å². The number of rotatable bonds is 7. The minimum atomic E-state index is -4.10. The van der Waals surface area contributed by atoms with Crippen LogP contribution in [0.3, 0.4) is 0 Å². The van der Waals surface area contributed by atoms with Gasteiger partial charge in [-0.2, -0.15) is 0 Å². The fraction of sp³-hybridized carbons (Fsp3) is 0.0714. The first-order valence-electron chi connectivity index (χ1n) is 10.7. The summed E-state index contributed by atoms with van der Waals surface area (Å²) in [6, 6.07) is 37.7. The Labute approximate surface area is 193 Å². The number of esters is 1. The van der Waals surface area contributed by atoms with Gasteiger partial charge in [-0.3, -0.25) is 0 Å². The molecule has 4 nitrogen and oxygen atoms in total. The van der Waals surface area contributed by atoms with E-state index in [1.165, 1.54) is 6.92 Å². The van der Waals surface area contributed by atoms with Gasteiger partial charge in [-0.05, 0) is 0 Å². The Hall–Kier alpha value is -3.75. The minimum absolute atomic E-state index is 0.0997. The molecule has 0 N–H and O–H groups in total. The summed E-state index contributed by atoms with van der Waals surface area (Å²) in [4.78, 5) is 25.8. The van der Waals surface area contributed by atoms with Crippen molar-refractivity contribution in [2.75, 3.05) is 6.35 Å². The molecule has 0 aliphatic heterocycles. The van der Waals surface area contributed by atoms with E-state index in [0.717, 1.165) is 15.9 Å². The average molecular weight is 456 g/mol. The summed E-state index contributed by atoms with van der Waals surface area (Å²) in [5.41, 5.74) is 0.428. The van der Waals surface area contributed by atoms with Gasteiger partial charge in [0, 0.05) is 0 Å². The van der Waals surface area contributed by atoms with Crippen molar-refractivity contribution in [1.29, 1.82) is 0 Å². The Morgan fingerprint density at radius 2 is 0.970 bits per heavy atom. The predicted molar refractivity (Wildman–Crippen MR) is 134 cm³/mol. The number of hydrogen-bond acceptors (Lipinski definition) is 4. The second-order valence-electron chi connectivity index (χ2n) is 7.73. The van der Waals surface area contributed by atoms with Crippen LogP contribution in [0.15, 0.2) is 121 Å². The van der Waals surface area contributed by atoms with Gasteiger partial charge in [0.1, 0.15) is 0 Å². The Kier molecular flexibility index (Phi) is 6.39. The summed E-state index contributed by atoms with van der Waals surface area (Å²) >= 11 is 0. The zero-order chi connectivity index (χ0) is 23.2. The van der Waals surface area contributed by atoms with E-state index in [0.29, 0.717) is 5.56 Å². The first-order chi connectivity index (χ1) is 16.1. The van der Waals surface area contributed by atoms with Gasteiger partial charge in [0.05, 0.1) is 0 Å². The molecule has 0 saturated heterocycles. The van der Waals surface area contributed by atoms with Crippen LogP contribution in [0.1, 0.15) is 17.3 Å². The third kappa shape index (κ3) is 4.06. The van der Waals surface area contributed by atoms with Crippen LogP contribution in [0, 0.1) is 0 Å². The van der Waals surface area contributed by atoms with Gasteiger partial charge in [-0.15, -0.1) is 0 Å². The van der Waals surface area contributed by atoms with Crippen molar-refractivity contribution in [2.24, 2.45) is 0 Å². The van der Waals surface area contributed by atoms with Crippen LogP contribution < -0.4 is 15.9 Å². The monoisotopic (exact) mass is 456 g/mol. The molecule has 0 unspecified atom stereocenters. The van der Waals surface area contributed by atoms with Crippen LogP contribution >= 0.6 is 6.83 Å². The molecule has 0 bridgehead atoms. The van der Waals surface area contributed by atoms with Gasteiger partial charge in [-0.1, -0.05) is 0 Å². The molecule has 0 amide bonds. The van der Waals surface area contributed by atoms with Gasteiger partial charge in [0.2, 0.25) is 0 Å². The molecule has 0 aliphatic rings. The molecular formula is C28H25O4P. The fourth-order valence-electron chi connectivity index (χ4n) is 4.11. The van der Waals surface area contributed by atoms with E-state index in [2.05, 4.69) is 0 Å². The molecule has 0 fully saturated rings. The number of ether oxygens (including phenoxy) is 1. The van der Waals surface area contributed by atoms with Crippen LogP contribution in [-0.2, 0) is 14.1 Å². The summed E-state index contributed by atoms with van der Waals surface area (Å²) in [5, 5.41) is 2.39. The Morgan fingerprint density at radius 3 is 1.33 bits per heavy atom. The molecule has 0 saturated carbocycles. The standard InChI is InChI=1S/C28H25O4P/c1-23(29)31-22-33(25-16-8-3-9-17-25,26-18-10-4-11-19-26,27-20-12-5-13-21-27)32-28(30)24-14-6-2-7-15-24/h2-21H,22H2,1H3. The molecule has 5 heteroatoms. The maximum absolute atomic E-state index is 13.7. The van der Waals surface area contributed by atoms with Crippen molar-refractivity contribution in [2.45, 2.75) is 6.92 Å². The summed E-state index contributed by atoms with van der Waals surface area (Å²) in [6.07, 6.45) is -0.0997. The molecule has 33 heavy (non-hydrogen) atoms. The number of carbonyl (C=O) groups excluding carboxylic acids is 2. The Balaban J connectivity index is 2.11. The van der Waals surface area contributed by atoms with Crippen molar-refractivity contribution >= 4 is 34.7 Å². The van der Waals surface area contributed by atoms with Gasteiger partial charge in [0.25, 0.3) is 0 Å². The molecule has 0 atom stereocenters. The van der Waals surface area contributed by atoms with Gasteiger partial charge < -0.3 is 0 Å². The number of benzene rings is 4. The van der Waals surface area contributed by atoms with Crippen LogP contribution in [0.5, 0.6) is 0 Å². The number of hydrogen-bond donors (Lipinski definition) is 0. The quantitative estimate of drug-likeness (QED) is 0.296. The molecule has 0 aromatic heterocycles. The van der Waals surface area contributed by atoms with Crippen molar-refractivity contribution in [1.82, 2.24) is 0 Å². The van der Waals surface area contributed by atoms with E-state index in [1.54, 1.807) is 24.3 Å². The summed E-state index contributed by atoms with van der Waals surface area (Å²) in [6.45, 7) is -2.73. The second-order valence-corrected chi connectivity index (χ2v) is 12.1. The maximum atomic E-state index is 13.7. The van der Waals surface area contributed by atoms with Crippen LogP contribution in [-0.4, -0.2) is 18.3 Å². The number of carbonyl (C=O) groups is 2. The van der Waals surface area contributed by atoms with E-state index in [1.807, 2.05) is 97.1 Å². The molecular weight excluding hydrogens is 431 g/mol. The van der Waals surface area contributed by atoms with Crippen molar-refractivity contribution < 1.29 is 18.8 Å². The second kappa shape index (κ2) is 9.40. The third-order valence-electron chi connectivity index (χ3n) is 5.72. The first-order valence-corrected chi connectivity index (χ1v) is 13.0. The van der Waals surface area contributed by atoms with Crippen molar-refractivity contribution in [3.63, 3.8) is 0 Å². The molecule has 0 heterocycles. The summed E-state index contributed by atoms with van der Waals surface area (Å²) in [5.74, 6) is -0.917. The van der Waals surface area contributed by atoms with Gasteiger partial charge in [0.15, 0.2) is 0 Å². The SMILES string of the molecule is CC(=O)OCP(OC(=O)c1ccccc1)(c1ccccc1)(c1ccccc1)c1ccccc1. The van der Waals surface area contributed by atoms with E-state index >= 15 is 0 Å². The van der Waals surface area contributed by atoms with E-state index in [-0.39, 0.29) is 6.35 Å². The normalized spacial score (nSPS) is 12.2. The van der Waals surface area contributed by atoms with Gasteiger partial charge >= 0.3 is 194 Å². The molecule has 0 radical (unpaired) electrons. The van der Waals surface area contributed by atoms with Crippen LogP contribution in [0.25, 0.3) is 0 Å². The van der Waals surface area contributed by atoms with Crippen molar-refractivity contribution in [3.8, 4) is 0 Å². The molecule has 0 spiro atoms. The summed E-state index contributed by atoms with van der Waals surface area (Å²) in [7, 11) is 0. The molecule has 4 aromatic rings. The first kappa shape index (κ1) is 22.4. The molecule has 4 aromatic carbocycles. The van der Waals surface area contributed by atoms with Crippen LogP contribution in [0.2, 0.25) is 0 Å². The molecule has 0 aliphatic carbocycles.